The fourth-order valence-corrected chi connectivity index (χ4v) is 11.4. The van der Waals surface area contributed by atoms with Crippen molar-refractivity contribution in [1.29, 1.82) is 0 Å². The Kier molecular flexibility index (Phi) is 18.5. The maximum absolute atomic E-state index is 8.89. The van der Waals surface area contributed by atoms with Crippen molar-refractivity contribution in [2.45, 2.75) is 66.0 Å². The molecule has 4 aliphatic carbocycles. The van der Waals surface area contributed by atoms with Crippen molar-refractivity contribution in [3.8, 4) is 0 Å². The van der Waals surface area contributed by atoms with Crippen LogP contribution in [0.4, 0.5) is 0 Å². The Morgan fingerprint density at radius 1 is 0.449 bits per heavy atom. The van der Waals surface area contributed by atoms with Crippen LogP contribution in [0.25, 0.3) is 46.4 Å². The number of allylic oxidation sites excluding steroid dienone is 16. The molecule has 0 aromatic carbocycles. The third kappa shape index (κ3) is 13.2. The second kappa shape index (κ2) is 22.9. The van der Waals surface area contributed by atoms with Gasteiger partial charge >= 0.3 is 17.4 Å². The Labute approximate surface area is 448 Å². The molecule has 6 aliphatic rings. The summed E-state index contributed by atoms with van der Waals surface area (Å²) >= 11 is 57.2. The van der Waals surface area contributed by atoms with Crippen LogP contribution in [0.3, 0.4) is 0 Å². The summed E-state index contributed by atoms with van der Waals surface area (Å²) in [7, 11) is 0. The predicted molar refractivity (Wildman–Crippen MR) is 278 cm³/mol. The number of carbonyl (C=O) groups excluding carboxylic acids is 3. The number of aromatic nitrogens is 4. The van der Waals surface area contributed by atoms with Crippen LogP contribution in [-0.4, -0.2) is 55.2 Å². The number of fused-ring (bicyclic) bond motifs is 8. The monoisotopic (exact) mass is 1100 g/mol. The average Bonchev–Trinajstić information content (AvgIpc) is 4.05. The van der Waals surface area contributed by atoms with E-state index in [2.05, 4.69) is 9.97 Å². The minimum atomic E-state index is -1.08. The number of aromatic amines is 2. The molecule has 0 amide bonds. The van der Waals surface area contributed by atoms with E-state index in [1.165, 1.54) is 0 Å². The molecule has 3 aromatic heterocycles. The second-order valence-corrected chi connectivity index (χ2v) is 20.7. The fraction of sp³-hybridized carbons (Fsp3) is 0.220. The van der Waals surface area contributed by atoms with E-state index < -0.39 is 37.4 Å². The van der Waals surface area contributed by atoms with Crippen molar-refractivity contribution >= 4 is 174 Å². The van der Waals surface area contributed by atoms with Gasteiger partial charge in [0.25, 0.3) is 0 Å². The van der Waals surface area contributed by atoms with E-state index in [0.29, 0.717) is 74.2 Å². The van der Waals surface area contributed by atoms with E-state index in [1.54, 1.807) is 0 Å². The zero-order chi connectivity index (χ0) is 49.8. The third-order valence-corrected chi connectivity index (χ3v) is 13.5. The Morgan fingerprint density at radius 2 is 0.667 bits per heavy atom. The van der Waals surface area contributed by atoms with Gasteiger partial charge in [-0.25, -0.2) is 9.97 Å². The molecule has 0 spiro atoms. The minimum Gasteiger partial charge on any atom is -0.550 e. The summed E-state index contributed by atoms with van der Waals surface area (Å²) in [5.41, 5.74) is 8.35. The molecular weight excluding hydrogens is 1060 g/mol. The summed E-state index contributed by atoms with van der Waals surface area (Å²) in [6.07, 6.45) is 31.8. The number of H-pyrrole nitrogens is 2. The minimum absolute atomic E-state index is 0. The molecule has 0 fully saturated rings. The van der Waals surface area contributed by atoms with Gasteiger partial charge in [-0.1, -0.05) is 95.0 Å². The first-order chi connectivity index (χ1) is 32.0. The average molecular weight is 1100 g/mol. The van der Waals surface area contributed by atoms with Crippen LogP contribution >= 0.6 is 92.8 Å². The number of nitrogens with zero attached hydrogens (tertiary/aromatic N) is 2. The normalized spacial score (nSPS) is 23.8. The van der Waals surface area contributed by atoms with Crippen molar-refractivity contribution in [1.82, 2.24) is 19.9 Å². The second-order valence-electron chi connectivity index (χ2n) is 16.0. The molecule has 8 bridgehead atoms. The molecule has 0 saturated heterocycles. The number of carboxylic acids is 3. The molecule has 3 aromatic rings. The van der Waals surface area contributed by atoms with E-state index in [9.17, 15) is 0 Å². The van der Waals surface area contributed by atoms with Gasteiger partial charge < -0.3 is 39.7 Å². The zero-order valence-electron chi connectivity index (χ0n) is 36.8. The molecule has 5 heterocycles. The van der Waals surface area contributed by atoms with Crippen LogP contribution in [0, 0.1) is 0 Å². The van der Waals surface area contributed by atoms with Gasteiger partial charge in [-0.05, 0) is 93.6 Å². The van der Waals surface area contributed by atoms with Crippen LogP contribution in [0.1, 0.15) is 91.5 Å². The number of nitrogens with one attached hydrogen (secondary N) is 2. The van der Waals surface area contributed by atoms with E-state index in [1.807, 2.05) is 121 Å². The van der Waals surface area contributed by atoms with E-state index >= 15 is 0 Å². The van der Waals surface area contributed by atoms with Gasteiger partial charge in [-0.3, -0.25) is 0 Å². The molecule has 4 unspecified atom stereocenters. The van der Waals surface area contributed by atoms with Crippen molar-refractivity contribution in [2.75, 3.05) is 0 Å². The molecular formula is C50H39AlCl8N4O6. The molecule has 0 radical (unpaired) electrons. The molecule has 2 N–H and O–H groups in total. The van der Waals surface area contributed by atoms with Crippen LogP contribution in [0.15, 0.2) is 117 Å². The number of halogens is 8. The van der Waals surface area contributed by atoms with Crippen molar-refractivity contribution in [3.05, 3.63) is 162 Å². The first kappa shape index (κ1) is 55.7. The SMILES string of the molecule is CC(=O)[O-].CC(=O)[O-].CC(=O)[O-].ClC1=CC=CC(Cl)(c2c3nc(c(C4(Cl)C=CC=C(Cl)C4)c4ccc([nH]4)c(C4(Cl)C=CC=C(Cl)C4)c4ccc([nH]4)c(C4(Cl)C=CC=C(Cl)C4)c4nc2C=C4)C=C3)C1.[Al+3]. The molecule has 354 valence electrons. The van der Waals surface area contributed by atoms with E-state index in [0.717, 1.165) is 59.5 Å². The van der Waals surface area contributed by atoms with Crippen LogP contribution in [0.5, 0.6) is 0 Å². The fourth-order valence-electron chi connectivity index (χ4n) is 8.32. The van der Waals surface area contributed by atoms with Gasteiger partial charge in [0, 0.05) is 108 Å². The molecule has 2 aliphatic heterocycles. The molecule has 4 atom stereocenters. The van der Waals surface area contributed by atoms with E-state index in [-0.39, 0.29) is 17.4 Å². The Morgan fingerprint density at radius 3 is 0.928 bits per heavy atom. The first-order valence-corrected chi connectivity index (χ1v) is 23.6. The van der Waals surface area contributed by atoms with Gasteiger partial charge in [0.05, 0.1) is 42.3 Å². The summed E-state index contributed by atoms with van der Waals surface area (Å²) in [6.45, 7) is 2.92. The Hall–Kier alpha value is -4.22. The summed E-state index contributed by atoms with van der Waals surface area (Å²) in [6, 6.07) is 7.99. The number of carboxylic acid groups (broad SMARTS) is 3. The van der Waals surface area contributed by atoms with Crippen molar-refractivity contribution in [2.24, 2.45) is 0 Å². The van der Waals surface area contributed by atoms with Gasteiger partial charge in [-0.2, -0.15) is 0 Å². The third-order valence-electron chi connectivity index (χ3n) is 10.7. The topological polar surface area (TPSA) is 178 Å². The molecule has 69 heavy (non-hydrogen) atoms. The first-order valence-electron chi connectivity index (χ1n) is 20.6. The molecule has 19 heteroatoms. The van der Waals surface area contributed by atoms with Gasteiger partial charge in [-0.15, -0.1) is 46.4 Å². The van der Waals surface area contributed by atoms with Gasteiger partial charge in [0.2, 0.25) is 0 Å². The summed E-state index contributed by atoms with van der Waals surface area (Å²) < 4.78 is 0. The predicted octanol–water partition coefficient (Wildman–Crippen LogP) is 10.6. The number of hydrogen-bond acceptors (Lipinski definition) is 8. The largest absolute Gasteiger partial charge is 3.00 e. The van der Waals surface area contributed by atoms with Crippen LogP contribution in [-0.2, 0) is 33.9 Å². The zero-order valence-corrected chi connectivity index (χ0v) is 44.0. The number of carbonyl (C=O) groups is 3. The van der Waals surface area contributed by atoms with E-state index in [4.69, 9.17) is 132 Å². The quantitative estimate of drug-likeness (QED) is 0.132. The molecule has 10 nitrogen and oxygen atoms in total. The molecule has 0 saturated carbocycles. The van der Waals surface area contributed by atoms with Crippen molar-refractivity contribution in [3.63, 3.8) is 0 Å². The van der Waals surface area contributed by atoms with Crippen LogP contribution < -0.4 is 15.3 Å². The standard InChI is InChI=1S/C44H30Cl8N4.3C2H4O2.Al/c45-25-5-1-17-41(49,21-25)37-29-9-11-31(53-29)38(42(50)18-2-6-26(46)22-42)33-13-15-35(55-33)40(44(52)20-4-8-28(48)24-44)36-16-14-34(56-36)39(32-12-10-30(37)54-32)43(51)19-3-7-27(47)23-43;3*1-2(3)4;/h1-20,53-54H,21-24H2;3*1H3,(H,3,4);/q;;;;+3/p-3. The number of rotatable bonds is 4. The van der Waals surface area contributed by atoms with Gasteiger partial charge in [0.15, 0.2) is 0 Å². The number of hydrogen-bond donors (Lipinski definition) is 2. The Bertz CT molecular complexity index is 2890. The molecule has 9 rings (SSSR count). The van der Waals surface area contributed by atoms with Crippen LogP contribution in [0.2, 0.25) is 0 Å². The summed E-state index contributed by atoms with van der Waals surface area (Å²) in [4.78, 5) is 40.4. The smallest absolute Gasteiger partial charge is 0.550 e. The maximum Gasteiger partial charge on any atom is 3.00 e. The Balaban J connectivity index is 0.000000616. The number of aliphatic carboxylic acids is 3. The van der Waals surface area contributed by atoms with Gasteiger partial charge in [0.1, 0.15) is 0 Å². The maximum atomic E-state index is 8.89. The number of alkyl halides is 4. The summed E-state index contributed by atoms with van der Waals surface area (Å²) in [5.74, 6) is -3.25. The summed E-state index contributed by atoms with van der Waals surface area (Å²) in [5, 5.41) is 29.1. The van der Waals surface area contributed by atoms with Crippen molar-refractivity contribution < 1.29 is 29.7 Å².